The van der Waals surface area contributed by atoms with E-state index >= 15 is 0 Å². The van der Waals surface area contributed by atoms with E-state index in [-0.39, 0.29) is 74.2 Å². The van der Waals surface area contributed by atoms with Crippen molar-refractivity contribution in [3.63, 3.8) is 0 Å². The van der Waals surface area contributed by atoms with Crippen LogP contribution in [-0.4, -0.2) is 71.6 Å². The van der Waals surface area contributed by atoms with E-state index in [2.05, 4.69) is 320 Å². The highest BCUT2D eigenvalue weighted by molar-refractivity contribution is 6.63. The van der Waals surface area contributed by atoms with E-state index in [0.29, 0.717) is 6.61 Å². The minimum absolute atomic E-state index is 0.00122. The first-order chi connectivity index (χ1) is 47.2. The molecule has 12 heteroatoms. The van der Waals surface area contributed by atoms with Crippen LogP contribution >= 0.6 is 0 Å². The molecule has 2 aromatic heterocycles. The van der Waals surface area contributed by atoms with Crippen molar-refractivity contribution in [2.75, 3.05) is 13.2 Å². The molecule has 4 fully saturated rings. The Morgan fingerprint density at radius 2 is 0.709 bits per heavy atom. The molecule has 2 atom stereocenters. The number of fused-ring (bicyclic) bond motifs is 6. The second-order valence-corrected chi connectivity index (χ2v) is 40.7. The van der Waals surface area contributed by atoms with Crippen molar-refractivity contribution in [1.82, 2.24) is 9.13 Å². The molecule has 4 aliphatic rings. The predicted molar refractivity (Wildman–Crippen MR) is 437 cm³/mol. The van der Waals surface area contributed by atoms with Gasteiger partial charge in [-0.3, -0.25) is 0 Å². The molecule has 8 aromatic rings. The van der Waals surface area contributed by atoms with Gasteiger partial charge in [-0.05, 0) is 220 Å². The standard InChI is InChI=1S/C45H64BNO4.C39H53NO2.C7H15BO2/c1-40(2,3)28-43(10,11)31-24-34(46-50-44(12,13)45(14,15)51-46)39(49-38-18-16-17-23-48-38)37(27-31)47-35-25-29(41(4,5)6)19-21-32(35)33-22-20-30(26-36(33)47)42(7,8)9;1-36(2,3)25-39(10,11)28-17-20-34(42-35-14-12-13-21-41-35)33(24-28)40-31-22-26(37(4,5)6)15-18-29(31)30-19-16-27(23-32(30)40)38(7,8)9;1-6(2)7(3,4)10-8(5)9-6/h19-22,24-27,38H,16-18,23,28H2,1-15H3;15-20,22-24,35H,12-14,21,25H2,1-11H3;1-5H3. The van der Waals surface area contributed by atoms with Crippen molar-refractivity contribution in [2.24, 2.45) is 10.8 Å². The number of hydrogen-bond acceptors (Lipinski definition) is 8. The molecular formula is C91H132B2N2O8. The van der Waals surface area contributed by atoms with Gasteiger partial charge in [-0.25, -0.2) is 0 Å². The molecule has 12 rings (SSSR count). The van der Waals surface area contributed by atoms with Crippen LogP contribution in [0.5, 0.6) is 11.5 Å². The fraction of sp³-hybridized carbons (Fsp3) is 0.604. The lowest BCUT2D eigenvalue weighted by atomic mass is 9.69. The van der Waals surface area contributed by atoms with E-state index in [1.54, 1.807) is 0 Å². The molecule has 560 valence electrons. The number of nitrogens with zero attached hydrogens (tertiary/aromatic N) is 2. The Balaban J connectivity index is 0.000000197. The van der Waals surface area contributed by atoms with Gasteiger partial charge in [0.1, 0.15) is 11.5 Å². The highest BCUT2D eigenvalue weighted by Gasteiger charge is 2.54. The summed E-state index contributed by atoms with van der Waals surface area (Å²) in [5.74, 6) is 1.66. The molecule has 0 spiro atoms. The van der Waals surface area contributed by atoms with Crippen LogP contribution in [0.3, 0.4) is 0 Å². The van der Waals surface area contributed by atoms with Gasteiger partial charge in [0.15, 0.2) is 12.6 Å². The van der Waals surface area contributed by atoms with E-state index in [0.717, 1.165) is 86.3 Å². The van der Waals surface area contributed by atoms with Crippen LogP contribution in [0.25, 0.3) is 55.0 Å². The second-order valence-electron chi connectivity index (χ2n) is 40.7. The lowest BCUT2D eigenvalue weighted by molar-refractivity contribution is -0.106. The Bertz CT molecular complexity index is 4180. The molecule has 6 aromatic carbocycles. The molecular weight excluding hydrogens is 1270 g/mol. The minimum Gasteiger partial charge on any atom is -0.463 e. The second kappa shape index (κ2) is 28.2. The van der Waals surface area contributed by atoms with Gasteiger partial charge in [0.2, 0.25) is 0 Å². The van der Waals surface area contributed by atoms with Gasteiger partial charge in [-0.2, -0.15) is 0 Å². The molecule has 0 aliphatic carbocycles. The highest BCUT2D eigenvalue weighted by Crippen LogP contribution is 2.48. The number of aromatic nitrogens is 2. The maximum absolute atomic E-state index is 7.15. The van der Waals surface area contributed by atoms with Crippen LogP contribution in [0.15, 0.2) is 103 Å². The summed E-state index contributed by atoms with van der Waals surface area (Å²) in [5.41, 5.74) is 14.5. The third kappa shape index (κ3) is 17.5. The molecule has 103 heavy (non-hydrogen) atoms. The summed E-state index contributed by atoms with van der Waals surface area (Å²) >= 11 is 0. The van der Waals surface area contributed by atoms with Gasteiger partial charge in [0.05, 0.1) is 69.1 Å². The molecule has 0 amide bonds. The SMILES string of the molecule is CB1OC(C)(C)C(C)(C)O1.CC(C)(C)CC(C)(C)c1cc(B2OC(C)(C)C(C)(C)O2)c(OC2CCCCO2)c(-n2c3cc(C(C)(C)C)ccc3c3ccc(C(C)(C)C)cc32)c1.CC(C)(C)CC(C)(C)c1ccc(OC2CCCCO2)c(-n2c3cc(C(C)(C)C)ccc3c3ccc(C(C)(C)C)cc32)c1. The van der Waals surface area contributed by atoms with Crippen molar-refractivity contribution in [1.29, 1.82) is 0 Å². The molecule has 0 N–H and O–H groups in total. The van der Waals surface area contributed by atoms with Gasteiger partial charge in [0, 0.05) is 39.8 Å². The lowest BCUT2D eigenvalue weighted by Crippen LogP contribution is -2.41. The molecule has 0 saturated carbocycles. The van der Waals surface area contributed by atoms with Crippen LogP contribution < -0.4 is 14.9 Å². The molecule has 2 unspecified atom stereocenters. The molecule has 4 aliphatic heterocycles. The first-order valence-corrected chi connectivity index (χ1v) is 39.0. The maximum atomic E-state index is 7.15. The van der Waals surface area contributed by atoms with Crippen molar-refractivity contribution >= 4 is 63.3 Å². The first-order valence-electron chi connectivity index (χ1n) is 39.0. The Morgan fingerprint density at radius 1 is 0.379 bits per heavy atom. The number of ether oxygens (including phenoxy) is 4. The molecule has 0 bridgehead atoms. The van der Waals surface area contributed by atoms with Gasteiger partial charge in [0.25, 0.3) is 0 Å². The minimum atomic E-state index is -0.610. The maximum Gasteiger partial charge on any atom is 0.498 e. The Hall–Kier alpha value is -5.59. The third-order valence-electron chi connectivity index (χ3n) is 22.7. The van der Waals surface area contributed by atoms with E-state index in [1.807, 2.05) is 6.82 Å². The third-order valence-corrected chi connectivity index (χ3v) is 22.7. The van der Waals surface area contributed by atoms with Gasteiger partial charge < -0.3 is 46.7 Å². The zero-order chi connectivity index (χ0) is 76.2. The van der Waals surface area contributed by atoms with Crippen LogP contribution in [0.1, 0.15) is 292 Å². The summed E-state index contributed by atoms with van der Waals surface area (Å²) in [5, 5.41) is 5.01. The number of benzene rings is 6. The van der Waals surface area contributed by atoms with Crippen LogP contribution in [0.4, 0.5) is 0 Å². The van der Waals surface area contributed by atoms with E-state index < -0.39 is 18.3 Å². The summed E-state index contributed by atoms with van der Waals surface area (Å²) in [6.45, 7) is 71.1. The van der Waals surface area contributed by atoms with E-state index in [4.69, 9.17) is 37.6 Å². The first kappa shape index (κ1) is 80.0. The largest absolute Gasteiger partial charge is 0.498 e. The summed E-state index contributed by atoms with van der Waals surface area (Å²) in [7, 11) is -0.675. The molecule has 6 heterocycles. The van der Waals surface area contributed by atoms with Crippen LogP contribution in [-0.2, 0) is 60.6 Å². The summed E-state index contributed by atoms with van der Waals surface area (Å²) in [6, 6.07) is 39.7. The van der Waals surface area contributed by atoms with E-state index in [9.17, 15) is 0 Å². The Kier molecular flexibility index (Phi) is 21.9. The average Bonchev–Trinajstić information content (AvgIpc) is 1.59. The zero-order valence-electron chi connectivity index (χ0n) is 69.9. The van der Waals surface area contributed by atoms with E-state index in [1.165, 1.54) is 77.0 Å². The van der Waals surface area contributed by atoms with Crippen molar-refractivity contribution in [3.8, 4) is 22.9 Å². The Morgan fingerprint density at radius 3 is 1.04 bits per heavy atom. The summed E-state index contributed by atoms with van der Waals surface area (Å²) in [6.07, 6.45) is 7.65. The number of hydrogen-bond donors (Lipinski definition) is 0. The molecule has 4 saturated heterocycles. The summed E-state index contributed by atoms with van der Waals surface area (Å²) in [4.78, 5) is 0. The lowest BCUT2D eigenvalue weighted by Gasteiger charge is -2.35. The monoisotopic (exact) mass is 1400 g/mol. The fourth-order valence-corrected chi connectivity index (χ4v) is 16.0. The van der Waals surface area contributed by atoms with Crippen LogP contribution in [0, 0.1) is 10.8 Å². The van der Waals surface area contributed by atoms with Gasteiger partial charge >= 0.3 is 14.2 Å². The van der Waals surface area contributed by atoms with Crippen molar-refractivity contribution < 1.29 is 37.6 Å². The highest BCUT2D eigenvalue weighted by atomic mass is 16.7. The zero-order valence-corrected chi connectivity index (χ0v) is 69.9. The number of rotatable bonds is 11. The van der Waals surface area contributed by atoms with Crippen molar-refractivity contribution in [3.05, 3.63) is 137 Å². The van der Waals surface area contributed by atoms with Gasteiger partial charge in [-0.15, -0.1) is 0 Å². The summed E-state index contributed by atoms with van der Waals surface area (Å²) < 4.78 is 56.0. The quantitative estimate of drug-likeness (QED) is 0.118. The smallest absolute Gasteiger partial charge is 0.463 e. The fourth-order valence-electron chi connectivity index (χ4n) is 16.0. The van der Waals surface area contributed by atoms with Crippen molar-refractivity contribution in [2.45, 2.75) is 333 Å². The van der Waals surface area contributed by atoms with Crippen LogP contribution in [0.2, 0.25) is 6.82 Å². The average molecular weight is 1400 g/mol. The Labute approximate surface area is 623 Å². The predicted octanol–water partition coefficient (Wildman–Crippen LogP) is 24.0. The topological polar surface area (TPSA) is 83.7 Å². The normalized spacial score (nSPS) is 19.8. The molecule has 0 radical (unpaired) electrons. The molecule has 10 nitrogen and oxygen atoms in total. The van der Waals surface area contributed by atoms with Gasteiger partial charge in [-0.1, -0.05) is 213 Å².